The number of piperidine rings is 1. The van der Waals surface area contributed by atoms with Crippen LogP contribution in [0.1, 0.15) is 48.5 Å². The Balaban J connectivity index is 1.50. The number of rotatable bonds is 7. The average Bonchev–Trinajstić information content (AvgIpc) is 2.64. The number of hydrogen-bond acceptors (Lipinski definition) is 4. The Morgan fingerprint density at radius 3 is 2.76 bits per heavy atom. The van der Waals surface area contributed by atoms with Gasteiger partial charge in [0, 0.05) is 30.9 Å². The molecule has 1 saturated heterocycles. The predicted octanol–water partition coefficient (Wildman–Crippen LogP) is 4.14. The molecular weight excluding hydrogens is 310 g/mol. The fourth-order valence-electron chi connectivity index (χ4n) is 3.49. The van der Waals surface area contributed by atoms with Gasteiger partial charge in [-0.3, -0.25) is 9.69 Å². The average molecular weight is 337 g/mol. The van der Waals surface area contributed by atoms with Gasteiger partial charge in [0.25, 0.3) is 0 Å². The lowest BCUT2D eigenvalue weighted by Crippen LogP contribution is -2.40. The summed E-state index contributed by atoms with van der Waals surface area (Å²) in [5.74, 6) is 0.897. The second kappa shape index (κ2) is 8.77. The van der Waals surface area contributed by atoms with Crippen LogP contribution in [-0.2, 0) is 6.54 Å². The summed E-state index contributed by atoms with van der Waals surface area (Å²) in [5, 5.41) is 3.39. The molecule has 1 aliphatic heterocycles. The number of likely N-dealkylation sites (tertiary alicyclic amines) is 1. The Kier molecular flexibility index (Phi) is 6.18. The molecule has 2 heterocycles. The van der Waals surface area contributed by atoms with E-state index in [2.05, 4.69) is 45.5 Å². The van der Waals surface area contributed by atoms with E-state index in [1.807, 2.05) is 12.1 Å². The summed E-state index contributed by atoms with van der Waals surface area (Å²) in [6, 6.07) is 15.1. The van der Waals surface area contributed by atoms with Crippen molar-refractivity contribution in [2.75, 3.05) is 18.4 Å². The lowest BCUT2D eigenvalue weighted by Gasteiger charge is -2.36. The summed E-state index contributed by atoms with van der Waals surface area (Å²) in [6.07, 6.45) is 6.65. The molecule has 3 rings (SSSR count). The van der Waals surface area contributed by atoms with Crippen molar-refractivity contribution in [1.29, 1.82) is 0 Å². The third kappa shape index (κ3) is 5.13. The third-order valence-corrected chi connectivity index (χ3v) is 4.93. The van der Waals surface area contributed by atoms with Crippen molar-refractivity contribution >= 4 is 11.6 Å². The standard InChI is InChI=1S/C21H27N3O/c1-17(25)19-10-11-21(23-15-19)22-13-12-20-9-5-6-14-24(20)16-18-7-3-2-4-8-18/h2-4,7-8,10-11,15,20H,5-6,9,12-14,16H2,1H3,(H,22,23). The molecule has 4 nitrogen and oxygen atoms in total. The van der Waals surface area contributed by atoms with Gasteiger partial charge in [0.2, 0.25) is 0 Å². The van der Waals surface area contributed by atoms with Crippen molar-refractivity contribution < 1.29 is 4.79 Å². The van der Waals surface area contributed by atoms with Gasteiger partial charge in [0.15, 0.2) is 5.78 Å². The van der Waals surface area contributed by atoms with E-state index >= 15 is 0 Å². The molecule has 1 unspecified atom stereocenters. The second-order valence-corrected chi connectivity index (χ2v) is 6.81. The van der Waals surface area contributed by atoms with E-state index < -0.39 is 0 Å². The van der Waals surface area contributed by atoms with Crippen molar-refractivity contribution in [3.05, 3.63) is 59.8 Å². The van der Waals surface area contributed by atoms with Crippen LogP contribution in [0.4, 0.5) is 5.82 Å². The van der Waals surface area contributed by atoms with Crippen molar-refractivity contribution in [1.82, 2.24) is 9.88 Å². The van der Waals surface area contributed by atoms with Crippen LogP contribution in [-0.4, -0.2) is 34.8 Å². The lowest BCUT2D eigenvalue weighted by atomic mass is 9.98. The molecule has 25 heavy (non-hydrogen) atoms. The van der Waals surface area contributed by atoms with Gasteiger partial charge in [-0.25, -0.2) is 4.98 Å². The van der Waals surface area contributed by atoms with E-state index in [0.29, 0.717) is 11.6 Å². The molecule has 1 N–H and O–H groups in total. The van der Waals surface area contributed by atoms with Crippen LogP contribution >= 0.6 is 0 Å². The molecule has 2 aromatic rings. The summed E-state index contributed by atoms with van der Waals surface area (Å²) in [5.41, 5.74) is 2.05. The highest BCUT2D eigenvalue weighted by molar-refractivity contribution is 5.93. The third-order valence-electron chi connectivity index (χ3n) is 4.93. The molecule has 0 radical (unpaired) electrons. The number of nitrogens with one attached hydrogen (secondary N) is 1. The zero-order valence-corrected chi connectivity index (χ0v) is 14.9. The minimum absolute atomic E-state index is 0.0535. The quantitative estimate of drug-likeness (QED) is 0.771. The molecule has 132 valence electrons. The Labute approximate surface area is 150 Å². The zero-order valence-electron chi connectivity index (χ0n) is 14.9. The van der Waals surface area contributed by atoms with Gasteiger partial charge in [-0.05, 0) is 50.4 Å². The minimum Gasteiger partial charge on any atom is -0.370 e. The fraction of sp³-hybridized carbons (Fsp3) is 0.429. The highest BCUT2D eigenvalue weighted by Crippen LogP contribution is 2.22. The SMILES string of the molecule is CC(=O)c1ccc(NCCC2CCCCN2Cc2ccccc2)nc1. The topological polar surface area (TPSA) is 45.2 Å². The van der Waals surface area contributed by atoms with Gasteiger partial charge in [-0.15, -0.1) is 0 Å². The maximum atomic E-state index is 11.3. The number of hydrogen-bond donors (Lipinski definition) is 1. The Morgan fingerprint density at radius 1 is 1.20 bits per heavy atom. The molecule has 1 aromatic carbocycles. The molecule has 4 heteroatoms. The summed E-state index contributed by atoms with van der Waals surface area (Å²) in [7, 11) is 0. The van der Waals surface area contributed by atoms with E-state index in [9.17, 15) is 4.79 Å². The van der Waals surface area contributed by atoms with Crippen LogP contribution in [0, 0.1) is 0 Å². The van der Waals surface area contributed by atoms with E-state index in [1.54, 1.807) is 13.1 Å². The van der Waals surface area contributed by atoms with E-state index in [4.69, 9.17) is 0 Å². The summed E-state index contributed by atoms with van der Waals surface area (Å²) >= 11 is 0. The number of carbonyl (C=O) groups is 1. The smallest absolute Gasteiger partial charge is 0.161 e. The van der Waals surface area contributed by atoms with Gasteiger partial charge in [-0.2, -0.15) is 0 Å². The Bertz CT molecular complexity index is 669. The number of ketones is 1. The van der Waals surface area contributed by atoms with Gasteiger partial charge < -0.3 is 5.32 Å². The number of benzene rings is 1. The van der Waals surface area contributed by atoms with Crippen LogP contribution in [0.5, 0.6) is 0 Å². The van der Waals surface area contributed by atoms with Crippen LogP contribution in [0.15, 0.2) is 48.7 Å². The fourth-order valence-corrected chi connectivity index (χ4v) is 3.49. The highest BCUT2D eigenvalue weighted by atomic mass is 16.1. The summed E-state index contributed by atoms with van der Waals surface area (Å²) in [6.45, 7) is 4.69. The van der Waals surface area contributed by atoms with Gasteiger partial charge in [0.1, 0.15) is 5.82 Å². The van der Waals surface area contributed by atoms with Crippen LogP contribution in [0.2, 0.25) is 0 Å². The number of nitrogens with zero attached hydrogens (tertiary/aromatic N) is 2. The molecule has 1 aliphatic rings. The normalized spacial score (nSPS) is 18.0. The molecule has 1 aromatic heterocycles. The largest absolute Gasteiger partial charge is 0.370 e. The number of pyridine rings is 1. The maximum absolute atomic E-state index is 11.3. The number of anilines is 1. The molecule has 1 fully saturated rings. The summed E-state index contributed by atoms with van der Waals surface area (Å²) < 4.78 is 0. The first kappa shape index (κ1) is 17.6. The van der Waals surface area contributed by atoms with E-state index in [0.717, 1.165) is 25.3 Å². The van der Waals surface area contributed by atoms with Crippen molar-refractivity contribution in [2.45, 2.75) is 45.2 Å². The number of aromatic nitrogens is 1. The predicted molar refractivity (Wildman–Crippen MR) is 102 cm³/mol. The Morgan fingerprint density at radius 2 is 2.04 bits per heavy atom. The van der Waals surface area contributed by atoms with Crippen LogP contribution in [0.25, 0.3) is 0 Å². The zero-order chi connectivity index (χ0) is 17.5. The van der Waals surface area contributed by atoms with Crippen molar-refractivity contribution in [3.8, 4) is 0 Å². The van der Waals surface area contributed by atoms with Crippen molar-refractivity contribution in [2.24, 2.45) is 0 Å². The van der Waals surface area contributed by atoms with Crippen molar-refractivity contribution in [3.63, 3.8) is 0 Å². The molecule has 0 aliphatic carbocycles. The van der Waals surface area contributed by atoms with Gasteiger partial charge in [-0.1, -0.05) is 36.8 Å². The lowest BCUT2D eigenvalue weighted by molar-refractivity contribution is 0.101. The number of carbonyl (C=O) groups excluding carboxylic acids is 1. The van der Waals surface area contributed by atoms with Crippen LogP contribution < -0.4 is 5.32 Å². The first-order chi connectivity index (χ1) is 12.2. The molecule has 0 bridgehead atoms. The maximum Gasteiger partial charge on any atom is 0.161 e. The minimum atomic E-state index is 0.0535. The van der Waals surface area contributed by atoms with Crippen LogP contribution in [0.3, 0.4) is 0 Å². The summed E-state index contributed by atoms with van der Waals surface area (Å²) in [4.78, 5) is 18.2. The monoisotopic (exact) mass is 337 g/mol. The van der Waals surface area contributed by atoms with E-state index in [1.165, 1.54) is 31.4 Å². The molecule has 0 saturated carbocycles. The Hall–Kier alpha value is -2.20. The molecule has 1 atom stereocenters. The van der Waals surface area contributed by atoms with Gasteiger partial charge >= 0.3 is 0 Å². The molecule has 0 spiro atoms. The molecular formula is C21H27N3O. The van der Waals surface area contributed by atoms with Gasteiger partial charge in [0.05, 0.1) is 0 Å². The first-order valence-corrected chi connectivity index (χ1v) is 9.21. The highest BCUT2D eigenvalue weighted by Gasteiger charge is 2.21. The second-order valence-electron chi connectivity index (χ2n) is 6.81. The first-order valence-electron chi connectivity index (χ1n) is 9.21. The number of Topliss-reactive ketones (excluding diaryl/α,β-unsaturated/α-hetero) is 1. The molecule has 0 amide bonds. The van der Waals surface area contributed by atoms with E-state index in [-0.39, 0.29) is 5.78 Å².